The van der Waals surface area contributed by atoms with E-state index in [1.54, 1.807) is 24.3 Å². The van der Waals surface area contributed by atoms with Crippen LogP contribution in [0.15, 0.2) is 48.5 Å². The molecule has 0 aliphatic heterocycles. The van der Waals surface area contributed by atoms with Crippen LogP contribution in [0.4, 0.5) is 8.78 Å². The normalized spacial score (nSPS) is 21.4. The first-order valence-corrected chi connectivity index (χ1v) is 7.53. The summed E-state index contributed by atoms with van der Waals surface area (Å²) >= 11 is 0. The van der Waals surface area contributed by atoms with E-state index in [0.717, 1.165) is 25.7 Å². The van der Waals surface area contributed by atoms with Gasteiger partial charge in [0.2, 0.25) is 0 Å². The number of hydrogen-bond donors (Lipinski definition) is 0. The molecule has 0 heterocycles. The van der Waals surface area contributed by atoms with Gasteiger partial charge in [0.1, 0.15) is 23.1 Å². The van der Waals surface area contributed by atoms with Crippen molar-refractivity contribution in [3.63, 3.8) is 0 Å². The number of rotatable bonds is 4. The lowest BCUT2D eigenvalue weighted by Crippen LogP contribution is -2.30. The summed E-state index contributed by atoms with van der Waals surface area (Å²) in [5.41, 5.74) is 0. The monoisotopic (exact) mass is 304 g/mol. The van der Waals surface area contributed by atoms with E-state index >= 15 is 0 Å². The lowest BCUT2D eigenvalue weighted by molar-refractivity contribution is 0.0806. The van der Waals surface area contributed by atoms with Crippen LogP contribution in [-0.4, -0.2) is 12.2 Å². The van der Waals surface area contributed by atoms with E-state index in [0.29, 0.717) is 11.5 Å². The van der Waals surface area contributed by atoms with Crippen LogP contribution in [0, 0.1) is 11.6 Å². The third-order valence-electron chi connectivity index (χ3n) is 3.85. The summed E-state index contributed by atoms with van der Waals surface area (Å²) in [5.74, 6) is 0.876. The molecule has 0 saturated heterocycles. The van der Waals surface area contributed by atoms with Crippen LogP contribution in [0.2, 0.25) is 0 Å². The van der Waals surface area contributed by atoms with Crippen molar-refractivity contribution in [2.24, 2.45) is 0 Å². The molecule has 116 valence electrons. The van der Waals surface area contributed by atoms with E-state index in [4.69, 9.17) is 9.47 Å². The third-order valence-corrected chi connectivity index (χ3v) is 3.85. The Morgan fingerprint density at radius 3 is 1.23 bits per heavy atom. The first-order chi connectivity index (χ1) is 10.7. The van der Waals surface area contributed by atoms with Crippen molar-refractivity contribution >= 4 is 0 Å². The average molecular weight is 304 g/mol. The van der Waals surface area contributed by atoms with E-state index in [2.05, 4.69) is 0 Å². The second-order valence-electron chi connectivity index (χ2n) is 5.54. The fourth-order valence-electron chi connectivity index (χ4n) is 2.68. The molecule has 1 saturated carbocycles. The molecular formula is C18H18F2O2. The first kappa shape index (κ1) is 14.8. The molecule has 2 aromatic rings. The smallest absolute Gasteiger partial charge is 0.123 e. The van der Waals surface area contributed by atoms with Crippen LogP contribution < -0.4 is 9.47 Å². The Bertz CT molecular complexity index is 532. The highest BCUT2D eigenvalue weighted by Crippen LogP contribution is 2.27. The quantitative estimate of drug-likeness (QED) is 0.812. The van der Waals surface area contributed by atoms with Crippen molar-refractivity contribution in [2.45, 2.75) is 37.9 Å². The van der Waals surface area contributed by atoms with E-state index in [9.17, 15) is 8.78 Å². The molecule has 0 unspecified atom stereocenters. The predicted octanol–water partition coefficient (Wildman–Crippen LogP) is 4.73. The molecule has 0 spiro atoms. The van der Waals surface area contributed by atoms with Crippen LogP contribution >= 0.6 is 0 Å². The van der Waals surface area contributed by atoms with Gasteiger partial charge in [-0.25, -0.2) is 8.78 Å². The number of halogens is 2. The van der Waals surface area contributed by atoms with Crippen molar-refractivity contribution in [3.05, 3.63) is 60.2 Å². The minimum atomic E-state index is -0.260. The molecule has 2 aromatic carbocycles. The maximum atomic E-state index is 12.9. The van der Waals surface area contributed by atoms with Gasteiger partial charge in [0.25, 0.3) is 0 Å². The summed E-state index contributed by atoms with van der Waals surface area (Å²) in [6, 6.07) is 12.2. The van der Waals surface area contributed by atoms with Crippen molar-refractivity contribution in [1.82, 2.24) is 0 Å². The minimum absolute atomic E-state index is 0.138. The fourth-order valence-corrected chi connectivity index (χ4v) is 2.68. The second kappa shape index (κ2) is 6.77. The van der Waals surface area contributed by atoms with Crippen LogP contribution in [0.25, 0.3) is 0 Å². The summed E-state index contributed by atoms with van der Waals surface area (Å²) in [5, 5.41) is 0. The summed E-state index contributed by atoms with van der Waals surface area (Å²) < 4.78 is 37.4. The van der Waals surface area contributed by atoms with Crippen molar-refractivity contribution in [1.29, 1.82) is 0 Å². The summed E-state index contributed by atoms with van der Waals surface area (Å²) in [4.78, 5) is 0. The highest BCUT2D eigenvalue weighted by Gasteiger charge is 2.23. The molecular weight excluding hydrogens is 286 g/mol. The molecule has 22 heavy (non-hydrogen) atoms. The largest absolute Gasteiger partial charge is 0.490 e. The summed E-state index contributed by atoms with van der Waals surface area (Å²) in [6.07, 6.45) is 3.84. The number of benzene rings is 2. The van der Waals surface area contributed by atoms with Gasteiger partial charge in [-0.15, -0.1) is 0 Å². The minimum Gasteiger partial charge on any atom is -0.490 e. The van der Waals surface area contributed by atoms with E-state index in [1.807, 2.05) is 0 Å². The van der Waals surface area contributed by atoms with Crippen LogP contribution in [0.3, 0.4) is 0 Å². The van der Waals surface area contributed by atoms with Crippen molar-refractivity contribution in [2.75, 3.05) is 0 Å². The molecule has 0 atom stereocenters. The van der Waals surface area contributed by atoms with E-state index in [1.165, 1.54) is 24.3 Å². The van der Waals surface area contributed by atoms with Crippen LogP contribution in [0.1, 0.15) is 25.7 Å². The Morgan fingerprint density at radius 2 is 0.909 bits per heavy atom. The van der Waals surface area contributed by atoms with Gasteiger partial charge in [0.05, 0.1) is 12.2 Å². The number of hydrogen-bond acceptors (Lipinski definition) is 2. The van der Waals surface area contributed by atoms with Gasteiger partial charge in [-0.3, -0.25) is 0 Å². The lowest BCUT2D eigenvalue weighted by atomic mass is 9.95. The zero-order valence-corrected chi connectivity index (χ0v) is 12.2. The molecule has 1 aliphatic rings. The molecule has 2 nitrogen and oxygen atoms in total. The lowest BCUT2D eigenvalue weighted by Gasteiger charge is -2.29. The molecule has 0 aromatic heterocycles. The summed E-state index contributed by atoms with van der Waals surface area (Å²) in [6.45, 7) is 0. The highest BCUT2D eigenvalue weighted by molar-refractivity contribution is 5.23. The fraction of sp³-hybridized carbons (Fsp3) is 0.333. The van der Waals surface area contributed by atoms with Gasteiger partial charge in [0.15, 0.2) is 0 Å². The molecule has 3 rings (SSSR count). The van der Waals surface area contributed by atoms with Gasteiger partial charge in [-0.2, -0.15) is 0 Å². The topological polar surface area (TPSA) is 18.5 Å². The van der Waals surface area contributed by atoms with Gasteiger partial charge < -0.3 is 9.47 Å². The highest BCUT2D eigenvalue weighted by atomic mass is 19.1. The second-order valence-corrected chi connectivity index (χ2v) is 5.54. The number of ether oxygens (including phenoxy) is 2. The molecule has 0 amide bonds. The van der Waals surface area contributed by atoms with Gasteiger partial charge in [-0.1, -0.05) is 0 Å². The maximum Gasteiger partial charge on any atom is 0.123 e. The Morgan fingerprint density at radius 1 is 0.591 bits per heavy atom. The van der Waals surface area contributed by atoms with Gasteiger partial charge in [0, 0.05) is 0 Å². The first-order valence-electron chi connectivity index (χ1n) is 7.53. The van der Waals surface area contributed by atoms with Crippen molar-refractivity contribution < 1.29 is 18.3 Å². The maximum absolute atomic E-state index is 12.9. The van der Waals surface area contributed by atoms with Gasteiger partial charge >= 0.3 is 0 Å². The zero-order valence-electron chi connectivity index (χ0n) is 12.2. The Balaban J connectivity index is 1.47. The third kappa shape index (κ3) is 3.97. The molecule has 1 fully saturated rings. The zero-order chi connectivity index (χ0) is 15.4. The molecule has 0 radical (unpaired) electrons. The standard InChI is InChI=1S/C18H18F2O2/c19-13-1-5-15(6-2-13)21-17-9-11-18(12-10-17)22-16-7-3-14(20)4-8-16/h1-8,17-18H,9-12H2/t17-,18-. The van der Waals surface area contributed by atoms with E-state index < -0.39 is 0 Å². The predicted molar refractivity (Wildman–Crippen MR) is 80.1 cm³/mol. The van der Waals surface area contributed by atoms with E-state index in [-0.39, 0.29) is 23.8 Å². The molecule has 1 aliphatic carbocycles. The average Bonchev–Trinajstić information content (AvgIpc) is 2.54. The Kier molecular flexibility index (Phi) is 4.56. The molecule has 4 heteroatoms. The van der Waals surface area contributed by atoms with Crippen LogP contribution in [-0.2, 0) is 0 Å². The Hall–Kier alpha value is -2.10. The SMILES string of the molecule is Fc1ccc(O[C@H]2CC[C@H](Oc3ccc(F)cc3)CC2)cc1. The summed E-state index contributed by atoms with van der Waals surface area (Å²) in [7, 11) is 0. The Labute approximate surface area is 128 Å². The van der Waals surface area contributed by atoms with Gasteiger partial charge in [-0.05, 0) is 74.2 Å². The van der Waals surface area contributed by atoms with Crippen molar-refractivity contribution in [3.8, 4) is 11.5 Å². The van der Waals surface area contributed by atoms with Crippen LogP contribution in [0.5, 0.6) is 11.5 Å². The molecule has 0 N–H and O–H groups in total. The molecule has 0 bridgehead atoms.